The van der Waals surface area contributed by atoms with E-state index in [9.17, 15) is 14.4 Å². The third-order valence-corrected chi connectivity index (χ3v) is 4.73. The second kappa shape index (κ2) is 6.62. The van der Waals surface area contributed by atoms with E-state index in [2.05, 4.69) is 0 Å². The normalized spacial score (nSPS) is 15.3. The molecule has 0 unspecified atom stereocenters. The summed E-state index contributed by atoms with van der Waals surface area (Å²) in [6.07, 6.45) is 0.336. The molecule has 2 heterocycles. The molecule has 8 nitrogen and oxygen atoms in total. The quantitative estimate of drug-likeness (QED) is 0.765. The van der Waals surface area contributed by atoms with Gasteiger partial charge in [-0.1, -0.05) is 0 Å². The predicted molar refractivity (Wildman–Crippen MR) is 92.7 cm³/mol. The van der Waals surface area contributed by atoms with Gasteiger partial charge in [-0.2, -0.15) is 0 Å². The van der Waals surface area contributed by atoms with Crippen molar-refractivity contribution >= 4 is 23.0 Å². The van der Waals surface area contributed by atoms with Crippen molar-refractivity contribution in [1.82, 2.24) is 18.9 Å². The molecular formula is C17H22N4O4. The zero-order valence-corrected chi connectivity index (χ0v) is 14.7. The summed E-state index contributed by atoms with van der Waals surface area (Å²) in [5.74, 6) is -0.0927. The van der Waals surface area contributed by atoms with Gasteiger partial charge in [0.15, 0.2) is 0 Å². The van der Waals surface area contributed by atoms with E-state index in [0.29, 0.717) is 38.2 Å². The maximum atomic E-state index is 12.8. The molecule has 1 aliphatic rings. The van der Waals surface area contributed by atoms with Crippen molar-refractivity contribution in [3.05, 3.63) is 34.2 Å². The van der Waals surface area contributed by atoms with E-state index in [1.165, 1.54) is 11.7 Å². The number of benzene rings is 1. The third-order valence-electron chi connectivity index (χ3n) is 4.73. The van der Waals surface area contributed by atoms with Crippen LogP contribution in [0.3, 0.4) is 0 Å². The van der Waals surface area contributed by atoms with Gasteiger partial charge in [-0.25, -0.2) is 9.59 Å². The maximum absolute atomic E-state index is 12.8. The highest BCUT2D eigenvalue weighted by Gasteiger charge is 2.23. The number of rotatable bonds is 1. The molecule has 0 saturated carbocycles. The van der Waals surface area contributed by atoms with Gasteiger partial charge in [0.25, 0.3) is 5.91 Å². The fourth-order valence-electron chi connectivity index (χ4n) is 3.25. The van der Waals surface area contributed by atoms with E-state index >= 15 is 0 Å². The largest absolute Gasteiger partial charge is 0.453 e. The van der Waals surface area contributed by atoms with E-state index in [4.69, 9.17) is 4.74 Å². The Morgan fingerprint density at radius 1 is 0.960 bits per heavy atom. The third kappa shape index (κ3) is 2.99. The lowest BCUT2D eigenvalue weighted by Crippen LogP contribution is -2.37. The van der Waals surface area contributed by atoms with Gasteiger partial charge < -0.3 is 14.5 Å². The van der Waals surface area contributed by atoms with E-state index in [-0.39, 0.29) is 17.7 Å². The van der Waals surface area contributed by atoms with Crippen LogP contribution in [-0.4, -0.2) is 64.2 Å². The predicted octanol–water partition coefficient (Wildman–Crippen LogP) is 0.791. The van der Waals surface area contributed by atoms with Gasteiger partial charge in [0.2, 0.25) is 0 Å². The van der Waals surface area contributed by atoms with Crippen molar-refractivity contribution in [2.24, 2.45) is 14.1 Å². The highest BCUT2D eigenvalue weighted by Crippen LogP contribution is 2.16. The molecule has 0 aliphatic carbocycles. The molecule has 2 amide bonds. The van der Waals surface area contributed by atoms with Crippen LogP contribution in [0, 0.1) is 0 Å². The Hall–Kier alpha value is -2.77. The first-order valence-corrected chi connectivity index (χ1v) is 8.21. The number of nitrogens with zero attached hydrogens (tertiary/aromatic N) is 4. The summed E-state index contributed by atoms with van der Waals surface area (Å²) in [5, 5.41) is 0. The highest BCUT2D eigenvalue weighted by atomic mass is 16.5. The minimum Gasteiger partial charge on any atom is -0.453 e. The second-order valence-corrected chi connectivity index (χ2v) is 6.21. The lowest BCUT2D eigenvalue weighted by atomic mass is 10.1. The summed E-state index contributed by atoms with van der Waals surface area (Å²) in [6, 6.07) is 5.29. The van der Waals surface area contributed by atoms with Crippen molar-refractivity contribution in [3.8, 4) is 0 Å². The first-order chi connectivity index (χ1) is 11.9. The number of hydrogen-bond donors (Lipinski definition) is 0. The molecule has 3 rings (SSSR count). The van der Waals surface area contributed by atoms with E-state index in [1.807, 2.05) is 0 Å². The molecule has 0 spiro atoms. The summed E-state index contributed by atoms with van der Waals surface area (Å²) in [7, 11) is 4.76. The average molecular weight is 346 g/mol. The van der Waals surface area contributed by atoms with E-state index < -0.39 is 0 Å². The minimum atomic E-state index is -0.366. The average Bonchev–Trinajstić information content (AvgIpc) is 2.83. The van der Waals surface area contributed by atoms with Crippen molar-refractivity contribution < 1.29 is 14.3 Å². The molecular weight excluding hydrogens is 324 g/mol. The molecule has 1 fully saturated rings. The molecule has 1 aromatic carbocycles. The number of hydrogen-bond acceptors (Lipinski definition) is 4. The lowest BCUT2D eigenvalue weighted by molar-refractivity contribution is 0.0757. The van der Waals surface area contributed by atoms with Gasteiger partial charge >= 0.3 is 11.8 Å². The van der Waals surface area contributed by atoms with Gasteiger partial charge in [0.05, 0.1) is 18.1 Å². The zero-order chi connectivity index (χ0) is 18.1. The molecule has 1 aliphatic heterocycles. The molecule has 0 N–H and O–H groups in total. The van der Waals surface area contributed by atoms with Crippen LogP contribution in [0.4, 0.5) is 4.79 Å². The smallest absolute Gasteiger partial charge is 0.409 e. The number of carbonyl (C=O) groups excluding carboxylic acids is 2. The Bertz CT molecular complexity index is 883. The summed E-state index contributed by atoms with van der Waals surface area (Å²) in [6.45, 7) is 2.06. The van der Waals surface area contributed by atoms with Crippen molar-refractivity contribution in [2.75, 3.05) is 33.3 Å². The van der Waals surface area contributed by atoms with Crippen molar-refractivity contribution in [3.63, 3.8) is 0 Å². The SMILES string of the molecule is COC(=O)N1CCCN(C(=O)c2ccc3c(c2)n(C)c(=O)n3C)CC1. The van der Waals surface area contributed by atoms with Gasteiger partial charge in [-0.3, -0.25) is 13.9 Å². The number of amides is 2. The zero-order valence-electron chi connectivity index (χ0n) is 14.7. The van der Waals surface area contributed by atoms with Crippen LogP contribution in [-0.2, 0) is 18.8 Å². The van der Waals surface area contributed by atoms with Crippen molar-refractivity contribution in [2.45, 2.75) is 6.42 Å². The minimum absolute atomic E-state index is 0.0927. The number of carbonyl (C=O) groups is 2. The number of aryl methyl sites for hydroxylation is 2. The lowest BCUT2D eigenvalue weighted by Gasteiger charge is -2.21. The maximum Gasteiger partial charge on any atom is 0.409 e. The second-order valence-electron chi connectivity index (χ2n) is 6.21. The Kier molecular flexibility index (Phi) is 4.52. The monoisotopic (exact) mass is 346 g/mol. The van der Waals surface area contributed by atoms with Gasteiger partial charge in [0, 0.05) is 45.8 Å². The molecule has 0 atom stereocenters. The van der Waals surface area contributed by atoms with Crippen LogP contribution in [0.5, 0.6) is 0 Å². The van der Waals surface area contributed by atoms with Crippen molar-refractivity contribution in [1.29, 1.82) is 0 Å². The van der Waals surface area contributed by atoms with Gasteiger partial charge in [-0.05, 0) is 24.6 Å². The first-order valence-electron chi connectivity index (χ1n) is 8.21. The number of aromatic nitrogens is 2. The molecule has 25 heavy (non-hydrogen) atoms. The van der Waals surface area contributed by atoms with Crippen LogP contribution < -0.4 is 5.69 Å². The fraction of sp³-hybridized carbons (Fsp3) is 0.471. The van der Waals surface area contributed by atoms with Crippen LogP contribution >= 0.6 is 0 Å². The molecule has 2 aromatic rings. The number of imidazole rings is 1. The number of ether oxygens (including phenoxy) is 1. The van der Waals surface area contributed by atoms with Gasteiger partial charge in [0.1, 0.15) is 0 Å². The molecule has 134 valence electrons. The Labute approximate surface area is 145 Å². The Balaban J connectivity index is 1.83. The van der Waals surface area contributed by atoms with Gasteiger partial charge in [-0.15, -0.1) is 0 Å². The highest BCUT2D eigenvalue weighted by molar-refractivity contribution is 5.97. The van der Waals surface area contributed by atoms with Crippen LogP contribution in [0.2, 0.25) is 0 Å². The molecule has 1 saturated heterocycles. The molecule has 0 bridgehead atoms. The summed E-state index contributed by atoms with van der Waals surface area (Å²) >= 11 is 0. The molecule has 1 aromatic heterocycles. The summed E-state index contributed by atoms with van der Waals surface area (Å²) < 4.78 is 7.84. The topological polar surface area (TPSA) is 76.8 Å². The molecule has 0 radical (unpaired) electrons. The number of methoxy groups -OCH3 is 1. The standard InChI is InChI=1S/C17H22N4O4/c1-18-13-6-5-12(11-14(13)19(2)16(18)23)15(22)20-7-4-8-21(10-9-20)17(24)25-3/h5-6,11H,4,7-10H2,1-3H3. The summed E-state index contributed by atoms with van der Waals surface area (Å²) in [5.41, 5.74) is 1.93. The number of fused-ring (bicyclic) bond motifs is 1. The fourth-order valence-corrected chi connectivity index (χ4v) is 3.25. The van der Waals surface area contributed by atoms with Crippen LogP contribution in [0.25, 0.3) is 11.0 Å². The van der Waals surface area contributed by atoms with E-state index in [1.54, 1.807) is 46.7 Å². The Morgan fingerprint density at radius 2 is 1.60 bits per heavy atom. The Morgan fingerprint density at radius 3 is 2.32 bits per heavy atom. The summed E-state index contributed by atoms with van der Waals surface area (Å²) in [4.78, 5) is 39.9. The first kappa shape index (κ1) is 17.1. The van der Waals surface area contributed by atoms with Crippen LogP contribution in [0.1, 0.15) is 16.8 Å². The molecule has 8 heteroatoms. The van der Waals surface area contributed by atoms with E-state index in [0.717, 1.165) is 11.0 Å². The van der Waals surface area contributed by atoms with Crippen LogP contribution in [0.15, 0.2) is 23.0 Å².